The first-order valence-corrected chi connectivity index (χ1v) is 8.78. The molecule has 9 heteroatoms. The summed E-state index contributed by atoms with van der Waals surface area (Å²) in [6.45, 7) is 1.58. The second kappa shape index (κ2) is 6.84. The van der Waals surface area contributed by atoms with Crippen LogP contribution >= 0.6 is 11.3 Å². The number of nitrogens with zero attached hydrogens (tertiary/aromatic N) is 1. The Morgan fingerprint density at radius 2 is 2.38 bits per heavy atom. The number of aromatic carboxylic acids is 1. The van der Waals surface area contributed by atoms with Gasteiger partial charge in [0.25, 0.3) is 10.2 Å². The van der Waals surface area contributed by atoms with Crippen LogP contribution in [-0.4, -0.2) is 50.6 Å². The fraction of sp³-hybridized carbons (Fsp3) is 0.583. The molecule has 1 unspecified atom stereocenters. The number of nitrogens with one attached hydrogen (secondary N) is 1. The van der Waals surface area contributed by atoms with Crippen LogP contribution < -0.4 is 4.72 Å². The van der Waals surface area contributed by atoms with Gasteiger partial charge in [0.05, 0.1) is 6.61 Å². The van der Waals surface area contributed by atoms with Crippen LogP contribution in [0, 0.1) is 5.92 Å². The lowest BCUT2D eigenvalue weighted by molar-refractivity contribution is 0.0702. The topological polar surface area (TPSA) is 95.9 Å². The summed E-state index contributed by atoms with van der Waals surface area (Å²) >= 11 is 1.08. The zero-order valence-corrected chi connectivity index (χ0v) is 13.2. The summed E-state index contributed by atoms with van der Waals surface area (Å²) in [5, 5.41) is 10.5. The van der Waals surface area contributed by atoms with Crippen LogP contribution in [-0.2, 0) is 21.5 Å². The lowest BCUT2D eigenvalue weighted by atomic mass is 10.1. The minimum absolute atomic E-state index is 0.0948. The summed E-state index contributed by atoms with van der Waals surface area (Å²) in [4.78, 5) is 11.0. The highest BCUT2D eigenvalue weighted by molar-refractivity contribution is 7.87. The number of carboxylic acids is 1. The molecule has 1 aromatic heterocycles. The summed E-state index contributed by atoms with van der Waals surface area (Å²) in [6, 6.07) is 1.48. The molecule has 1 aliphatic rings. The number of carboxylic acid groups (broad SMARTS) is 1. The third-order valence-corrected chi connectivity index (χ3v) is 5.80. The van der Waals surface area contributed by atoms with Crippen molar-refractivity contribution in [3.05, 3.63) is 21.9 Å². The molecule has 21 heavy (non-hydrogen) atoms. The van der Waals surface area contributed by atoms with E-state index in [9.17, 15) is 13.2 Å². The van der Waals surface area contributed by atoms with E-state index < -0.39 is 16.2 Å². The minimum atomic E-state index is -3.54. The van der Waals surface area contributed by atoms with E-state index in [4.69, 9.17) is 9.84 Å². The summed E-state index contributed by atoms with van der Waals surface area (Å²) in [6.07, 6.45) is 0.788. The van der Waals surface area contributed by atoms with Gasteiger partial charge in [0.15, 0.2) is 0 Å². The molecule has 2 rings (SSSR count). The summed E-state index contributed by atoms with van der Waals surface area (Å²) in [7, 11) is -1.93. The number of methoxy groups -OCH3 is 1. The van der Waals surface area contributed by atoms with Crippen molar-refractivity contribution >= 4 is 27.5 Å². The average Bonchev–Trinajstić information content (AvgIpc) is 3.06. The van der Waals surface area contributed by atoms with Crippen molar-refractivity contribution in [2.75, 3.05) is 26.8 Å². The maximum Gasteiger partial charge on any atom is 0.345 e. The van der Waals surface area contributed by atoms with Crippen molar-refractivity contribution in [1.82, 2.24) is 9.03 Å². The number of ether oxygens (including phenoxy) is 1. The lowest BCUT2D eigenvalue weighted by Gasteiger charge is -2.16. The Labute approximate surface area is 127 Å². The molecule has 2 N–H and O–H groups in total. The minimum Gasteiger partial charge on any atom is -0.477 e. The number of rotatable bonds is 7. The summed E-state index contributed by atoms with van der Waals surface area (Å²) in [5.74, 6) is -0.776. The molecular formula is C12H18N2O5S2. The van der Waals surface area contributed by atoms with E-state index in [1.54, 1.807) is 12.5 Å². The molecule has 1 aromatic rings. The first-order chi connectivity index (χ1) is 9.92. The van der Waals surface area contributed by atoms with E-state index in [0.29, 0.717) is 25.3 Å². The van der Waals surface area contributed by atoms with E-state index in [1.807, 2.05) is 0 Å². The molecule has 1 fully saturated rings. The maximum atomic E-state index is 12.2. The van der Waals surface area contributed by atoms with Gasteiger partial charge in [-0.2, -0.15) is 17.4 Å². The predicted molar refractivity (Wildman–Crippen MR) is 78.6 cm³/mol. The Balaban J connectivity index is 1.90. The smallest absolute Gasteiger partial charge is 0.345 e. The van der Waals surface area contributed by atoms with Crippen molar-refractivity contribution in [2.24, 2.45) is 5.92 Å². The van der Waals surface area contributed by atoms with Gasteiger partial charge in [0.1, 0.15) is 4.88 Å². The molecule has 2 heterocycles. The molecule has 0 amide bonds. The second-order valence-corrected chi connectivity index (χ2v) is 7.59. The van der Waals surface area contributed by atoms with Gasteiger partial charge in [-0.1, -0.05) is 0 Å². The lowest BCUT2D eigenvalue weighted by Crippen LogP contribution is -2.39. The van der Waals surface area contributed by atoms with E-state index in [0.717, 1.165) is 17.8 Å². The van der Waals surface area contributed by atoms with Crippen LogP contribution in [0.1, 0.15) is 21.7 Å². The van der Waals surface area contributed by atoms with Crippen LogP contribution in [0.25, 0.3) is 0 Å². The van der Waals surface area contributed by atoms with Crippen molar-refractivity contribution in [3.63, 3.8) is 0 Å². The van der Waals surface area contributed by atoms with Crippen LogP contribution in [0.2, 0.25) is 0 Å². The molecular weight excluding hydrogens is 316 g/mol. The first kappa shape index (κ1) is 16.4. The Hall–Kier alpha value is -1.00. The van der Waals surface area contributed by atoms with E-state index in [2.05, 4.69) is 4.72 Å². The van der Waals surface area contributed by atoms with Crippen molar-refractivity contribution < 1.29 is 23.1 Å². The van der Waals surface area contributed by atoms with Crippen LogP contribution in [0.3, 0.4) is 0 Å². The Kier molecular flexibility index (Phi) is 5.33. The highest BCUT2D eigenvalue weighted by atomic mass is 32.2. The molecule has 0 spiro atoms. The molecule has 7 nitrogen and oxygen atoms in total. The van der Waals surface area contributed by atoms with Crippen molar-refractivity contribution in [2.45, 2.75) is 13.0 Å². The number of hydrogen-bond acceptors (Lipinski definition) is 5. The second-order valence-electron chi connectivity index (χ2n) is 4.92. The maximum absolute atomic E-state index is 12.2. The van der Waals surface area contributed by atoms with Gasteiger partial charge < -0.3 is 9.84 Å². The zero-order valence-electron chi connectivity index (χ0n) is 11.6. The number of thiophene rings is 1. The third kappa shape index (κ3) is 4.24. The Morgan fingerprint density at radius 3 is 3.00 bits per heavy atom. The van der Waals surface area contributed by atoms with Gasteiger partial charge in [-0.25, -0.2) is 4.79 Å². The molecule has 1 saturated heterocycles. The molecule has 0 radical (unpaired) electrons. The average molecular weight is 334 g/mol. The largest absolute Gasteiger partial charge is 0.477 e. The molecule has 0 bridgehead atoms. The quantitative estimate of drug-likeness (QED) is 0.767. The van der Waals surface area contributed by atoms with E-state index >= 15 is 0 Å². The van der Waals surface area contributed by atoms with Gasteiger partial charge in [-0.05, 0) is 29.3 Å². The molecule has 0 saturated carbocycles. The first-order valence-electron chi connectivity index (χ1n) is 6.46. The third-order valence-electron chi connectivity index (χ3n) is 3.31. The SMILES string of the molecule is COCC1CCN(S(=O)(=O)NCc2csc(C(=O)O)c2)C1. The number of carbonyl (C=O) groups is 1. The van der Waals surface area contributed by atoms with E-state index in [-0.39, 0.29) is 17.3 Å². The van der Waals surface area contributed by atoms with Gasteiger partial charge in [0.2, 0.25) is 0 Å². The standard InChI is InChI=1S/C12H18N2O5S2/c1-19-7-9-2-3-14(6-9)21(17,18)13-5-10-4-11(12(15)16)20-8-10/h4,8-9,13H,2-3,5-7H2,1H3,(H,15,16). The molecule has 0 aromatic carbocycles. The monoisotopic (exact) mass is 334 g/mol. The van der Waals surface area contributed by atoms with Crippen LogP contribution in [0.4, 0.5) is 0 Å². The molecule has 1 atom stereocenters. The van der Waals surface area contributed by atoms with E-state index in [1.165, 1.54) is 10.4 Å². The van der Waals surface area contributed by atoms with Crippen LogP contribution in [0.5, 0.6) is 0 Å². The highest BCUT2D eigenvalue weighted by Gasteiger charge is 2.31. The van der Waals surface area contributed by atoms with Gasteiger partial charge in [-0.3, -0.25) is 0 Å². The predicted octanol–water partition coefficient (Wildman–Crippen LogP) is 0.749. The molecule has 1 aliphatic heterocycles. The number of hydrogen-bond donors (Lipinski definition) is 2. The summed E-state index contributed by atoms with van der Waals surface area (Å²) < 4.78 is 33.3. The molecule has 118 valence electrons. The fourth-order valence-corrected chi connectivity index (χ4v) is 4.27. The molecule has 0 aliphatic carbocycles. The van der Waals surface area contributed by atoms with Crippen LogP contribution in [0.15, 0.2) is 11.4 Å². The van der Waals surface area contributed by atoms with Gasteiger partial charge >= 0.3 is 5.97 Å². The van der Waals surface area contributed by atoms with Gasteiger partial charge in [-0.15, -0.1) is 11.3 Å². The Bertz CT molecular complexity index is 599. The summed E-state index contributed by atoms with van der Waals surface area (Å²) in [5.41, 5.74) is 0.647. The van der Waals surface area contributed by atoms with Crippen molar-refractivity contribution in [3.8, 4) is 0 Å². The van der Waals surface area contributed by atoms with Crippen molar-refractivity contribution in [1.29, 1.82) is 0 Å². The highest BCUT2D eigenvalue weighted by Crippen LogP contribution is 2.19. The van der Waals surface area contributed by atoms with Gasteiger partial charge in [0, 0.05) is 26.7 Å². The fourth-order valence-electron chi connectivity index (χ4n) is 2.23. The Morgan fingerprint density at radius 1 is 1.62 bits per heavy atom. The zero-order chi connectivity index (χ0) is 15.5. The normalized spacial score (nSPS) is 20.0.